The monoisotopic (exact) mass is 138 g/mol. The van der Waals surface area contributed by atoms with Crippen molar-refractivity contribution in [3.8, 4) is 0 Å². The van der Waals surface area contributed by atoms with Gasteiger partial charge >= 0.3 is 0 Å². The Hall–Kier alpha value is -0.330. The standard InChI is InChI=1S/C9H14O/c1-2-3-8(10)9-4-7(5-9)6-9/h7H,2-6H2,1H3. The van der Waals surface area contributed by atoms with Gasteiger partial charge in [-0.15, -0.1) is 0 Å². The minimum absolute atomic E-state index is 0.237. The van der Waals surface area contributed by atoms with Crippen molar-refractivity contribution in [1.82, 2.24) is 0 Å². The SMILES string of the molecule is CCCC(=O)C12CC(C1)C2. The van der Waals surface area contributed by atoms with Gasteiger partial charge in [-0.2, -0.15) is 0 Å². The van der Waals surface area contributed by atoms with Gasteiger partial charge in [0, 0.05) is 11.8 Å². The third-order valence-corrected chi connectivity index (χ3v) is 3.11. The van der Waals surface area contributed by atoms with Crippen LogP contribution in [0, 0.1) is 11.3 Å². The maximum absolute atomic E-state index is 11.4. The van der Waals surface area contributed by atoms with Gasteiger partial charge in [0.2, 0.25) is 0 Å². The molecule has 1 heteroatoms. The Morgan fingerprint density at radius 2 is 2.10 bits per heavy atom. The summed E-state index contributed by atoms with van der Waals surface area (Å²) < 4.78 is 0. The van der Waals surface area contributed by atoms with E-state index in [0.717, 1.165) is 18.8 Å². The molecule has 3 aliphatic carbocycles. The molecule has 0 amide bonds. The van der Waals surface area contributed by atoms with E-state index >= 15 is 0 Å². The van der Waals surface area contributed by atoms with Crippen molar-refractivity contribution in [2.45, 2.75) is 39.0 Å². The van der Waals surface area contributed by atoms with E-state index in [1.54, 1.807) is 0 Å². The topological polar surface area (TPSA) is 17.1 Å². The summed E-state index contributed by atoms with van der Waals surface area (Å²) in [6.07, 6.45) is 5.54. The van der Waals surface area contributed by atoms with E-state index in [0.29, 0.717) is 5.78 Å². The maximum atomic E-state index is 11.4. The van der Waals surface area contributed by atoms with Crippen LogP contribution in [0.5, 0.6) is 0 Å². The molecular weight excluding hydrogens is 124 g/mol. The fraction of sp³-hybridized carbons (Fsp3) is 0.889. The molecule has 0 aromatic carbocycles. The zero-order chi connectivity index (χ0) is 7.19. The van der Waals surface area contributed by atoms with Crippen LogP contribution < -0.4 is 0 Å². The lowest BCUT2D eigenvalue weighted by Gasteiger charge is -2.60. The van der Waals surface area contributed by atoms with E-state index in [2.05, 4.69) is 6.92 Å². The first-order valence-corrected chi connectivity index (χ1v) is 4.30. The van der Waals surface area contributed by atoms with Gasteiger partial charge in [-0.1, -0.05) is 6.92 Å². The van der Waals surface area contributed by atoms with Crippen LogP contribution in [0.25, 0.3) is 0 Å². The molecule has 0 spiro atoms. The average molecular weight is 138 g/mol. The summed E-state index contributed by atoms with van der Waals surface area (Å²) in [5.74, 6) is 1.50. The van der Waals surface area contributed by atoms with E-state index in [4.69, 9.17) is 0 Å². The van der Waals surface area contributed by atoms with Crippen LogP contribution in [0.1, 0.15) is 39.0 Å². The molecule has 3 aliphatic rings. The third-order valence-electron chi connectivity index (χ3n) is 3.11. The van der Waals surface area contributed by atoms with Gasteiger partial charge in [0.15, 0.2) is 0 Å². The molecule has 3 rings (SSSR count). The second kappa shape index (κ2) is 1.84. The van der Waals surface area contributed by atoms with Crippen LogP contribution >= 0.6 is 0 Å². The van der Waals surface area contributed by atoms with Gasteiger partial charge in [0.1, 0.15) is 5.78 Å². The normalized spacial score (nSPS) is 41.9. The summed E-state index contributed by atoms with van der Waals surface area (Å²) in [5.41, 5.74) is 0.237. The van der Waals surface area contributed by atoms with Gasteiger partial charge in [-0.25, -0.2) is 0 Å². The highest BCUT2D eigenvalue weighted by Gasteiger charge is 2.60. The first-order chi connectivity index (χ1) is 4.77. The lowest BCUT2D eigenvalue weighted by molar-refractivity contribution is -0.162. The first kappa shape index (κ1) is 6.38. The van der Waals surface area contributed by atoms with Crippen LogP contribution in [0.15, 0.2) is 0 Å². The fourth-order valence-electron chi connectivity index (χ4n) is 2.31. The molecule has 1 nitrogen and oxygen atoms in total. The first-order valence-electron chi connectivity index (χ1n) is 4.30. The summed E-state index contributed by atoms with van der Waals surface area (Å²) in [6, 6.07) is 0. The molecule has 0 radical (unpaired) electrons. The van der Waals surface area contributed by atoms with E-state index in [-0.39, 0.29) is 5.41 Å². The van der Waals surface area contributed by atoms with Gasteiger partial charge in [-0.3, -0.25) is 4.79 Å². The lowest BCUT2D eigenvalue weighted by Crippen LogP contribution is -2.56. The quantitative estimate of drug-likeness (QED) is 0.584. The minimum Gasteiger partial charge on any atom is -0.299 e. The number of hydrogen-bond acceptors (Lipinski definition) is 1. The molecule has 0 unspecified atom stereocenters. The van der Waals surface area contributed by atoms with Crippen molar-refractivity contribution < 1.29 is 4.79 Å². The number of carbonyl (C=O) groups is 1. The third kappa shape index (κ3) is 0.609. The summed E-state index contributed by atoms with van der Waals surface area (Å²) in [5, 5.41) is 0. The number of ketones is 1. The summed E-state index contributed by atoms with van der Waals surface area (Å²) in [6.45, 7) is 2.09. The van der Waals surface area contributed by atoms with Crippen molar-refractivity contribution in [2.75, 3.05) is 0 Å². The van der Waals surface area contributed by atoms with Crippen LogP contribution in [0.4, 0.5) is 0 Å². The molecule has 3 saturated carbocycles. The second-order valence-electron chi connectivity index (χ2n) is 3.93. The molecule has 0 atom stereocenters. The molecule has 3 fully saturated rings. The Labute approximate surface area is 61.8 Å². The molecule has 2 bridgehead atoms. The summed E-state index contributed by atoms with van der Waals surface area (Å²) in [4.78, 5) is 11.4. The molecule has 0 N–H and O–H groups in total. The molecule has 10 heavy (non-hydrogen) atoms. The van der Waals surface area contributed by atoms with Gasteiger partial charge in [0.05, 0.1) is 0 Å². The molecule has 0 heterocycles. The van der Waals surface area contributed by atoms with Gasteiger partial charge in [-0.05, 0) is 31.6 Å². The van der Waals surface area contributed by atoms with Crippen LogP contribution in [-0.2, 0) is 4.79 Å². The fourth-order valence-corrected chi connectivity index (χ4v) is 2.31. The molecular formula is C9H14O. The Morgan fingerprint density at radius 3 is 2.40 bits per heavy atom. The Balaban J connectivity index is 1.92. The van der Waals surface area contributed by atoms with Crippen LogP contribution in [0.2, 0.25) is 0 Å². The highest BCUT2D eigenvalue weighted by atomic mass is 16.1. The molecule has 0 aromatic rings. The molecule has 0 saturated heterocycles. The number of Topliss-reactive ketones (excluding diaryl/α,β-unsaturated/α-hetero) is 1. The molecule has 0 aromatic heterocycles. The van der Waals surface area contributed by atoms with E-state index in [9.17, 15) is 4.79 Å². The number of rotatable bonds is 3. The average Bonchev–Trinajstić information content (AvgIpc) is 1.56. The van der Waals surface area contributed by atoms with Gasteiger partial charge in [0.25, 0.3) is 0 Å². The van der Waals surface area contributed by atoms with Crippen molar-refractivity contribution in [3.05, 3.63) is 0 Å². The van der Waals surface area contributed by atoms with Crippen LogP contribution in [0.3, 0.4) is 0 Å². The predicted octanol–water partition coefficient (Wildman–Crippen LogP) is 2.16. The highest BCUT2D eigenvalue weighted by Crippen LogP contribution is 2.65. The lowest BCUT2D eigenvalue weighted by atomic mass is 9.42. The molecule has 56 valence electrons. The van der Waals surface area contributed by atoms with E-state index in [1.165, 1.54) is 19.3 Å². The summed E-state index contributed by atoms with van der Waals surface area (Å²) >= 11 is 0. The van der Waals surface area contributed by atoms with Crippen molar-refractivity contribution in [2.24, 2.45) is 11.3 Å². The van der Waals surface area contributed by atoms with Crippen molar-refractivity contribution in [1.29, 1.82) is 0 Å². The Kier molecular flexibility index (Phi) is 1.17. The van der Waals surface area contributed by atoms with Gasteiger partial charge < -0.3 is 0 Å². The highest BCUT2D eigenvalue weighted by molar-refractivity contribution is 5.87. The number of carbonyl (C=O) groups excluding carboxylic acids is 1. The molecule has 0 aliphatic heterocycles. The minimum atomic E-state index is 0.237. The van der Waals surface area contributed by atoms with Crippen molar-refractivity contribution in [3.63, 3.8) is 0 Å². The zero-order valence-electron chi connectivity index (χ0n) is 6.52. The van der Waals surface area contributed by atoms with Crippen LogP contribution in [-0.4, -0.2) is 5.78 Å². The maximum Gasteiger partial charge on any atom is 0.139 e. The van der Waals surface area contributed by atoms with E-state index < -0.39 is 0 Å². The Bertz CT molecular complexity index is 155. The second-order valence-corrected chi connectivity index (χ2v) is 3.93. The smallest absolute Gasteiger partial charge is 0.139 e. The van der Waals surface area contributed by atoms with E-state index in [1.807, 2.05) is 0 Å². The number of hydrogen-bond donors (Lipinski definition) is 0. The summed E-state index contributed by atoms with van der Waals surface area (Å²) in [7, 11) is 0. The predicted molar refractivity (Wildman–Crippen MR) is 39.7 cm³/mol. The zero-order valence-corrected chi connectivity index (χ0v) is 6.52. The largest absolute Gasteiger partial charge is 0.299 e. The Morgan fingerprint density at radius 1 is 1.50 bits per heavy atom. The van der Waals surface area contributed by atoms with Crippen molar-refractivity contribution >= 4 is 5.78 Å².